The fourth-order valence-corrected chi connectivity index (χ4v) is 2.69. The average Bonchev–Trinajstić information content (AvgIpc) is 2.15. The Morgan fingerprint density at radius 2 is 2.08 bits per heavy atom. The zero-order valence-corrected chi connectivity index (χ0v) is 8.55. The summed E-state index contributed by atoms with van der Waals surface area (Å²) in [5.41, 5.74) is 0. The molecule has 0 saturated heterocycles. The van der Waals surface area contributed by atoms with E-state index in [4.69, 9.17) is 5.11 Å². The lowest BCUT2D eigenvalue weighted by molar-refractivity contribution is -0.142. The van der Waals surface area contributed by atoms with Crippen LogP contribution in [0.2, 0.25) is 0 Å². The van der Waals surface area contributed by atoms with Crippen molar-refractivity contribution in [3.63, 3.8) is 0 Å². The van der Waals surface area contributed by atoms with E-state index in [0.29, 0.717) is 5.25 Å². The number of carbonyl (C=O) groups is 1. The van der Waals surface area contributed by atoms with Gasteiger partial charge in [-0.1, -0.05) is 6.08 Å². The monoisotopic (exact) mass is 200 g/mol. The molecule has 0 radical (unpaired) electrons. The van der Waals surface area contributed by atoms with Crippen LogP contribution in [0.3, 0.4) is 0 Å². The molecule has 1 fully saturated rings. The van der Waals surface area contributed by atoms with Crippen molar-refractivity contribution in [2.24, 2.45) is 5.92 Å². The molecule has 2 nitrogen and oxygen atoms in total. The highest BCUT2D eigenvalue weighted by atomic mass is 32.2. The standard InChI is InChI=1S/C10H16O2S/c1-2-7-13-9-5-3-8(4-6-9)10(11)12/h2,8-9H,1,3-7H2,(H,11,12). The number of hydrogen-bond donors (Lipinski definition) is 1. The first-order chi connectivity index (χ1) is 6.24. The zero-order valence-electron chi connectivity index (χ0n) is 7.74. The second kappa shape index (κ2) is 5.32. The molecule has 1 N–H and O–H groups in total. The Morgan fingerprint density at radius 1 is 1.46 bits per heavy atom. The molecule has 0 unspecified atom stereocenters. The summed E-state index contributed by atoms with van der Waals surface area (Å²) in [6.45, 7) is 3.67. The Hall–Kier alpha value is -0.440. The summed E-state index contributed by atoms with van der Waals surface area (Å²) in [4.78, 5) is 10.7. The predicted molar refractivity (Wildman–Crippen MR) is 56.0 cm³/mol. The third kappa shape index (κ3) is 3.43. The lowest BCUT2D eigenvalue weighted by atomic mass is 9.89. The maximum absolute atomic E-state index is 10.7. The number of aliphatic carboxylic acids is 1. The van der Waals surface area contributed by atoms with Crippen molar-refractivity contribution in [1.82, 2.24) is 0 Å². The first-order valence-electron chi connectivity index (χ1n) is 4.69. The number of carboxylic acids is 1. The maximum Gasteiger partial charge on any atom is 0.306 e. The molecule has 0 heterocycles. The molecule has 0 aromatic heterocycles. The molecular formula is C10H16O2S. The van der Waals surface area contributed by atoms with Gasteiger partial charge in [0.15, 0.2) is 0 Å². The topological polar surface area (TPSA) is 37.3 Å². The summed E-state index contributed by atoms with van der Waals surface area (Å²) in [5.74, 6) is 0.287. The molecule has 1 saturated carbocycles. The minimum Gasteiger partial charge on any atom is -0.481 e. The van der Waals surface area contributed by atoms with Crippen molar-refractivity contribution in [3.8, 4) is 0 Å². The normalized spacial score (nSPS) is 28.3. The molecule has 0 atom stereocenters. The molecule has 0 aromatic rings. The highest BCUT2D eigenvalue weighted by Gasteiger charge is 2.25. The van der Waals surface area contributed by atoms with Crippen molar-refractivity contribution >= 4 is 17.7 Å². The van der Waals surface area contributed by atoms with Gasteiger partial charge in [-0.2, -0.15) is 11.8 Å². The van der Waals surface area contributed by atoms with Crippen LogP contribution in [0.25, 0.3) is 0 Å². The van der Waals surface area contributed by atoms with E-state index in [1.807, 2.05) is 17.8 Å². The SMILES string of the molecule is C=CCSC1CCC(C(=O)O)CC1. The molecule has 1 aliphatic rings. The van der Waals surface area contributed by atoms with Crippen molar-refractivity contribution in [2.45, 2.75) is 30.9 Å². The van der Waals surface area contributed by atoms with Crippen LogP contribution in [0, 0.1) is 5.92 Å². The largest absolute Gasteiger partial charge is 0.481 e. The first-order valence-corrected chi connectivity index (χ1v) is 5.74. The van der Waals surface area contributed by atoms with Gasteiger partial charge in [0.25, 0.3) is 0 Å². The van der Waals surface area contributed by atoms with Gasteiger partial charge < -0.3 is 5.11 Å². The van der Waals surface area contributed by atoms with E-state index >= 15 is 0 Å². The fraction of sp³-hybridized carbons (Fsp3) is 0.700. The van der Waals surface area contributed by atoms with Gasteiger partial charge >= 0.3 is 5.97 Å². The van der Waals surface area contributed by atoms with E-state index < -0.39 is 5.97 Å². The molecular weight excluding hydrogens is 184 g/mol. The van der Waals surface area contributed by atoms with E-state index in [9.17, 15) is 4.79 Å². The van der Waals surface area contributed by atoms with Crippen molar-refractivity contribution in [3.05, 3.63) is 12.7 Å². The number of rotatable bonds is 4. The first kappa shape index (κ1) is 10.6. The molecule has 0 bridgehead atoms. The minimum atomic E-state index is -0.618. The van der Waals surface area contributed by atoms with E-state index in [2.05, 4.69) is 6.58 Å². The van der Waals surface area contributed by atoms with Gasteiger partial charge in [0.05, 0.1) is 5.92 Å². The average molecular weight is 200 g/mol. The summed E-state index contributed by atoms with van der Waals surface area (Å²) in [6.07, 6.45) is 5.72. The molecule has 3 heteroatoms. The van der Waals surface area contributed by atoms with Crippen LogP contribution in [-0.2, 0) is 4.79 Å². The smallest absolute Gasteiger partial charge is 0.306 e. The van der Waals surface area contributed by atoms with Crippen LogP contribution < -0.4 is 0 Å². The highest BCUT2D eigenvalue weighted by molar-refractivity contribution is 8.00. The number of carboxylic acid groups (broad SMARTS) is 1. The second-order valence-corrected chi connectivity index (χ2v) is 4.77. The molecule has 0 aromatic carbocycles. The molecule has 74 valence electrons. The van der Waals surface area contributed by atoms with E-state index in [1.165, 1.54) is 0 Å². The Balaban J connectivity index is 2.22. The Bertz CT molecular complexity index is 183. The van der Waals surface area contributed by atoms with Crippen molar-refractivity contribution in [2.75, 3.05) is 5.75 Å². The lowest BCUT2D eigenvalue weighted by Gasteiger charge is -2.25. The maximum atomic E-state index is 10.7. The van der Waals surface area contributed by atoms with Gasteiger partial charge in [-0.3, -0.25) is 4.79 Å². The molecule has 0 amide bonds. The third-order valence-electron chi connectivity index (χ3n) is 2.47. The summed E-state index contributed by atoms with van der Waals surface area (Å²) in [6, 6.07) is 0. The van der Waals surface area contributed by atoms with Crippen LogP contribution in [0.15, 0.2) is 12.7 Å². The Morgan fingerprint density at radius 3 is 2.54 bits per heavy atom. The summed E-state index contributed by atoms with van der Waals surface area (Å²) in [5, 5.41) is 9.44. The molecule has 0 aliphatic heterocycles. The fourth-order valence-electron chi connectivity index (χ4n) is 1.68. The molecule has 1 aliphatic carbocycles. The highest BCUT2D eigenvalue weighted by Crippen LogP contribution is 2.31. The van der Waals surface area contributed by atoms with Crippen molar-refractivity contribution in [1.29, 1.82) is 0 Å². The Kier molecular flexibility index (Phi) is 4.36. The van der Waals surface area contributed by atoms with Crippen LogP contribution in [-0.4, -0.2) is 22.1 Å². The van der Waals surface area contributed by atoms with E-state index in [-0.39, 0.29) is 5.92 Å². The third-order valence-corrected chi connectivity index (χ3v) is 3.84. The van der Waals surface area contributed by atoms with Gasteiger partial charge in [-0.15, -0.1) is 6.58 Å². The van der Waals surface area contributed by atoms with Crippen molar-refractivity contribution < 1.29 is 9.90 Å². The lowest BCUT2D eigenvalue weighted by Crippen LogP contribution is -2.22. The number of hydrogen-bond acceptors (Lipinski definition) is 2. The van der Waals surface area contributed by atoms with Crippen LogP contribution in [0.1, 0.15) is 25.7 Å². The summed E-state index contributed by atoms with van der Waals surface area (Å²) < 4.78 is 0. The van der Waals surface area contributed by atoms with Gasteiger partial charge in [-0.25, -0.2) is 0 Å². The van der Waals surface area contributed by atoms with Gasteiger partial charge in [0.2, 0.25) is 0 Å². The van der Waals surface area contributed by atoms with Crippen LogP contribution in [0.4, 0.5) is 0 Å². The number of thioether (sulfide) groups is 1. The molecule has 0 spiro atoms. The van der Waals surface area contributed by atoms with Crippen LogP contribution >= 0.6 is 11.8 Å². The Labute approximate surface area is 83.4 Å². The van der Waals surface area contributed by atoms with E-state index in [1.54, 1.807) is 0 Å². The van der Waals surface area contributed by atoms with Gasteiger partial charge in [0, 0.05) is 11.0 Å². The van der Waals surface area contributed by atoms with E-state index in [0.717, 1.165) is 31.4 Å². The summed E-state index contributed by atoms with van der Waals surface area (Å²) in [7, 11) is 0. The predicted octanol–water partition coefficient (Wildman–Crippen LogP) is 2.55. The van der Waals surface area contributed by atoms with Crippen LogP contribution in [0.5, 0.6) is 0 Å². The second-order valence-electron chi connectivity index (χ2n) is 3.43. The zero-order chi connectivity index (χ0) is 9.68. The minimum absolute atomic E-state index is 0.0828. The summed E-state index contributed by atoms with van der Waals surface area (Å²) >= 11 is 1.90. The van der Waals surface area contributed by atoms with Gasteiger partial charge in [0.1, 0.15) is 0 Å². The molecule has 1 rings (SSSR count). The molecule has 13 heavy (non-hydrogen) atoms. The quantitative estimate of drug-likeness (QED) is 0.709. The van der Waals surface area contributed by atoms with Gasteiger partial charge in [-0.05, 0) is 25.7 Å².